The maximum atomic E-state index is 12.2. The Labute approximate surface area is 132 Å². The van der Waals surface area contributed by atoms with E-state index in [2.05, 4.69) is 15.7 Å². The van der Waals surface area contributed by atoms with Gasteiger partial charge in [0.15, 0.2) is 0 Å². The Kier molecular flexibility index (Phi) is 6.06. The van der Waals surface area contributed by atoms with Gasteiger partial charge in [-0.05, 0) is 37.7 Å². The molecule has 1 amide bonds. The van der Waals surface area contributed by atoms with Crippen LogP contribution >= 0.6 is 12.4 Å². The summed E-state index contributed by atoms with van der Waals surface area (Å²) in [5.74, 6) is 0.906. The van der Waals surface area contributed by atoms with Crippen LogP contribution in [0, 0.1) is 5.92 Å². The van der Waals surface area contributed by atoms with Crippen molar-refractivity contribution in [2.75, 3.05) is 6.54 Å². The van der Waals surface area contributed by atoms with Gasteiger partial charge >= 0.3 is 0 Å². The SMILES string of the molecule is Cl.O=C(NCCCn1cccn1)C1CC2CCCCC2N1. The van der Waals surface area contributed by atoms with Crippen molar-refractivity contribution >= 4 is 18.3 Å². The molecule has 0 spiro atoms. The summed E-state index contributed by atoms with van der Waals surface area (Å²) in [6, 6.07) is 2.54. The predicted molar refractivity (Wildman–Crippen MR) is 84.4 cm³/mol. The molecular weight excluding hydrogens is 288 g/mol. The van der Waals surface area contributed by atoms with Crippen LogP contribution in [0.15, 0.2) is 18.5 Å². The summed E-state index contributed by atoms with van der Waals surface area (Å²) in [5, 5.41) is 10.7. The molecule has 118 valence electrons. The number of fused-ring (bicyclic) bond motifs is 1. The van der Waals surface area contributed by atoms with E-state index in [0.717, 1.165) is 31.8 Å². The first kappa shape index (κ1) is 16.3. The number of aromatic nitrogens is 2. The van der Waals surface area contributed by atoms with Gasteiger partial charge in [-0.1, -0.05) is 12.8 Å². The lowest BCUT2D eigenvalue weighted by molar-refractivity contribution is -0.122. The van der Waals surface area contributed by atoms with Crippen LogP contribution in [0.3, 0.4) is 0 Å². The minimum Gasteiger partial charge on any atom is -0.355 e. The van der Waals surface area contributed by atoms with Crippen LogP contribution < -0.4 is 10.6 Å². The Morgan fingerprint density at radius 2 is 2.24 bits per heavy atom. The second-order valence-electron chi connectivity index (χ2n) is 6.02. The molecule has 1 aliphatic carbocycles. The molecule has 2 aliphatic rings. The molecule has 3 rings (SSSR count). The van der Waals surface area contributed by atoms with Gasteiger partial charge in [0.2, 0.25) is 5.91 Å². The fraction of sp³-hybridized carbons (Fsp3) is 0.733. The average molecular weight is 313 g/mol. The molecule has 1 saturated heterocycles. The van der Waals surface area contributed by atoms with Crippen molar-refractivity contribution in [1.29, 1.82) is 0 Å². The molecule has 21 heavy (non-hydrogen) atoms. The van der Waals surface area contributed by atoms with Gasteiger partial charge in [-0.2, -0.15) is 5.10 Å². The van der Waals surface area contributed by atoms with E-state index in [9.17, 15) is 4.79 Å². The smallest absolute Gasteiger partial charge is 0.237 e. The zero-order chi connectivity index (χ0) is 13.8. The quantitative estimate of drug-likeness (QED) is 0.814. The molecule has 6 heteroatoms. The summed E-state index contributed by atoms with van der Waals surface area (Å²) < 4.78 is 1.90. The lowest BCUT2D eigenvalue weighted by Gasteiger charge is -2.24. The fourth-order valence-corrected chi connectivity index (χ4v) is 3.53. The number of rotatable bonds is 5. The molecule has 1 saturated carbocycles. The lowest BCUT2D eigenvalue weighted by Crippen LogP contribution is -2.43. The Morgan fingerprint density at radius 3 is 3.00 bits per heavy atom. The van der Waals surface area contributed by atoms with Crippen molar-refractivity contribution in [3.8, 4) is 0 Å². The van der Waals surface area contributed by atoms with Gasteiger partial charge in [-0.25, -0.2) is 0 Å². The number of hydrogen-bond acceptors (Lipinski definition) is 3. The second kappa shape index (κ2) is 7.80. The normalized spacial score (nSPS) is 27.7. The minimum absolute atomic E-state index is 0. The highest BCUT2D eigenvalue weighted by atomic mass is 35.5. The van der Waals surface area contributed by atoms with Crippen LogP contribution in [0.25, 0.3) is 0 Å². The molecule has 2 heterocycles. The van der Waals surface area contributed by atoms with Crippen molar-refractivity contribution in [3.05, 3.63) is 18.5 Å². The summed E-state index contributed by atoms with van der Waals surface area (Å²) in [6.45, 7) is 1.59. The number of halogens is 1. The molecular formula is C15H25ClN4O. The molecule has 2 N–H and O–H groups in total. The summed E-state index contributed by atoms with van der Waals surface area (Å²) in [5.41, 5.74) is 0. The van der Waals surface area contributed by atoms with Crippen molar-refractivity contribution in [3.63, 3.8) is 0 Å². The van der Waals surface area contributed by atoms with Crippen molar-refractivity contribution in [2.45, 2.75) is 57.2 Å². The third-order valence-corrected chi connectivity index (χ3v) is 4.60. The number of hydrogen-bond donors (Lipinski definition) is 2. The second-order valence-corrected chi connectivity index (χ2v) is 6.02. The molecule has 3 unspecified atom stereocenters. The molecule has 1 aliphatic heterocycles. The molecule has 0 bridgehead atoms. The molecule has 0 radical (unpaired) electrons. The third-order valence-electron chi connectivity index (χ3n) is 4.60. The Bertz CT molecular complexity index is 423. The monoisotopic (exact) mass is 312 g/mol. The van der Waals surface area contributed by atoms with Gasteiger partial charge < -0.3 is 10.6 Å². The Morgan fingerprint density at radius 1 is 1.38 bits per heavy atom. The van der Waals surface area contributed by atoms with E-state index in [1.165, 1.54) is 25.7 Å². The van der Waals surface area contributed by atoms with Crippen molar-refractivity contribution < 1.29 is 4.79 Å². The highest BCUT2D eigenvalue weighted by molar-refractivity contribution is 5.85. The maximum Gasteiger partial charge on any atom is 0.237 e. The van der Waals surface area contributed by atoms with E-state index in [-0.39, 0.29) is 24.4 Å². The van der Waals surface area contributed by atoms with E-state index in [1.54, 1.807) is 6.20 Å². The largest absolute Gasteiger partial charge is 0.355 e. The average Bonchev–Trinajstić information content (AvgIpc) is 3.12. The first-order valence-corrected chi connectivity index (χ1v) is 7.84. The number of aryl methyl sites for hydroxylation is 1. The van der Waals surface area contributed by atoms with Gasteiger partial charge in [0.1, 0.15) is 0 Å². The van der Waals surface area contributed by atoms with Gasteiger partial charge in [0.05, 0.1) is 6.04 Å². The number of amides is 1. The number of carbonyl (C=O) groups is 1. The first-order chi connectivity index (χ1) is 9.83. The number of nitrogens with zero attached hydrogens (tertiary/aromatic N) is 2. The topological polar surface area (TPSA) is 59.0 Å². The predicted octanol–water partition coefficient (Wildman–Crippen LogP) is 1.73. The zero-order valence-electron chi connectivity index (χ0n) is 12.3. The van der Waals surface area contributed by atoms with E-state index in [4.69, 9.17) is 0 Å². The van der Waals surface area contributed by atoms with E-state index < -0.39 is 0 Å². The van der Waals surface area contributed by atoms with Crippen LogP contribution in [0.2, 0.25) is 0 Å². The first-order valence-electron chi connectivity index (χ1n) is 7.84. The summed E-state index contributed by atoms with van der Waals surface area (Å²) in [4.78, 5) is 12.2. The maximum absolute atomic E-state index is 12.2. The van der Waals surface area contributed by atoms with Gasteiger partial charge in [0, 0.05) is 31.5 Å². The van der Waals surface area contributed by atoms with Crippen LogP contribution in [0.5, 0.6) is 0 Å². The summed E-state index contributed by atoms with van der Waals surface area (Å²) in [6.07, 6.45) is 10.9. The van der Waals surface area contributed by atoms with Crippen molar-refractivity contribution in [2.24, 2.45) is 5.92 Å². The molecule has 0 aromatic carbocycles. The summed E-state index contributed by atoms with van der Waals surface area (Å²) >= 11 is 0. The molecule has 2 fully saturated rings. The van der Waals surface area contributed by atoms with Gasteiger partial charge in [-0.3, -0.25) is 9.48 Å². The molecule has 1 aromatic rings. The highest BCUT2D eigenvalue weighted by Gasteiger charge is 2.37. The van der Waals surface area contributed by atoms with Crippen LogP contribution in [-0.4, -0.2) is 34.3 Å². The Hall–Kier alpha value is -1.07. The molecule has 3 atom stereocenters. The zero-order valence-corrected chi connectivity index (χ0v) is 13.1. The molecule has 1 aromatic heterocycles. The molecule has 5 nitrogen and oxygen atoms in total. The van der Waals surface area contributed by atoms with Crippen molar-refractivity contribution in [1.82, 2.24) is 20.4 Å². The van der Waals surface area contributed by atoms with Crippen LogP contribution in [0.1, 0.15) is 38.5 Å². The minimum atomic E-state index is 0. The fourth-order valence-electron chi connectivity index (χ4n) is 3.53. The standard InChI is InChI=1S/C15H24N4O.ClH/c20-15(16-7-3-9-19-10-4-8-17-19)14-11-12-5-1-2-6-13(12)18-14;/h4,8,10,12-14,18H,1-3,5-7,9,11H2,(H,16,20);1H. The Balaban J connectivity index is 0.00000161. The third kappa shape index (κ3) is 4.20. The van der Waals surface area contributed by atoms with E-state index in [1.807, 2.05) is 16.9 Å². The van der Waals surface area contributed by atoms with Gasteiger partial charge in [0.25, 0.3) is 0 Å². The number of carbonyl (C=O) groups excluding carboxylic acids is 1. The highest BCUT2D eigenvalue weighted by Crippen LogP contribution is 2.33. The van der Waals surface area contributed by atoms with Crippen LogP contribution in [-0.2, 0) is 11.3 Å². The lowest BCUT2D eigenvalue weighted by atomic mass is 9.85. The van der Waals surface area contributed by atoms with E-state index >= 15 is 0 Å². The summed E-state index contributed by atoms with van der Waals surface area (Å²) in [7, 11) is 0. The van der Waals surface area contributed by atoms with Gasteiger partial charge in [-0.15, -0.1) is 12.4 Å². The van der Waals surface area contributed by atoms with E-state index in [0.29, 0.717) is 6.04 Å². The number of nitrogens with one attached hydrogen (secondary N) is 2. The van der Waals surface area contributed by atoms with Crippen LogP contribution in [0.4, 0.5) is 0 Å².